The Morgan fingerprint density at radius 1 is 1.18 bits per heavy atom. The van der Waals surface area contributed by atoms with Gasteiger partial charge in [0.1, 0.15) is 5.75 Å². The van der Waals surface area contributed by atoms with Gasteiger partial charge < -0.3 is 19.9 Å². The number of carbonyl (C=O) groups excluding carboxylic acids is 1. The lowest BCUT2D eigenvalue weighted by molar-refractivity contribution is -0.121. The Labute approximate surface area is 166 Å². The first-order valence-electron chi connectivity index (χ1n) is 9.70. The average molecular weight is 380 g/mol. The molecule has 0 saturated heterocycles. The molecule has 1 unspecified atom stereocenters. The number of methoxy groups -OCH3 is 1. The van der Waals surface area contributed by atoms with Crippen molar-refractivity contribution in [2.24, 2.45) is 0 Å². The van der Waals surface area contributed by atoms with E-state index in [0.29, 0.717) is 13.0 Å². The lowest BCUT2D eigenvalue weighted by Gasteiger charge is -2.25. The molecule has 0 aliphatic heterocycles. The summed E-state index contributed by atoms with van der Waals surface area (Å²) in [6, 6.07) is 16.4. The number of hydrogen-bond acceptors (Lipinski definition) is 3. The summed E-state index contributed by atoms with van der Waals surface area (Å²) in [5, 5.41) is 4.33. The van der Waals surface area contributed by atoms with Crippen LogP contribution < -0.4 is 10.1 Å². The zero-order valence-corrected chi connectivity index (χ0v) is 16.9. The number of fused-ring (bicyclic) bond motifs is 1. The number of nitrogens with one attached hydrogen (secondary N) is 2. The van der Waals surface area contributed by atoms with Gasteiger partial charge in [0.2, 0.25) is 5.91 Å². The molecule has 2 aromatic carbocycles. The van der Waals surface area contributed by atoms with Crippen molar-refractivity contribution in [3.8, 4) is 5.75 Å². The van der Waals surface area contributed by atoms with Gasteiger partial charge in [0.15, 0.2) is 0 Å². The Balaban J connectivity index is 1.50. The van der Waals surface area contributed by atoms with Crippen molar-refractivity contribution >= 4 is 16.8 Å². The second-order valence-electron chi connectivity index (χ2n) is 7.27. The highest BCUT2D eigenvalue weighted by atomic mass is 16.5. The van der Waals surface area contributed by atoms with Gasteiger partial charge in [-0.1, -0.05) is 30.3 Å². The Kier molecular flexibility index (Phi) is 6.71. The molecule has 5 heteroatoms. The lowest BCUT2D eigenvalue weighted by Crippen LogP contribution is -2.34. The van der Waals surface area contributed by atoms with Crippen LogP contribution in [-0.4, -0.2) is 43.5 Å². The van der Waals surface area contributed by atoms with Gasteiger partial charge in [0.25, 0.3) is 0 Å². The summed E-state index contributed by atoms with van der Waals surface area (Å²) in [6.07, 6.45) is 4.30. The quantitative estimate of drug-likeness (QED) is 0.592. The van der Waals surface area contributed by atoms with Crippen LogP contribution in [0.2, 0.25) is 0 Å². The number of aryl methyl sites for hydroxylation is 1. The van der Waals surface area contributed by atoms with Gasteiger partial charge in [-0.2, -0.15) is 0 Å². The van der Waals surface area contributed by atoms with E-state index in [4.69, 9.17) is 4.74 Å². The van der Waals surface area contributed by atoms with E-state index in [0.717, 1.165) is 29.7 Å². The highest BCUT2D eigenvalue weighted by Gasteiger charge is 2.16. The number of aromatic amines is 1. The highest BCUT2D eigenvalue weighted by Crippen LogP contribution is 2.22. The number of amides is 1. The van der Waals surface area contributed by atoms with Crippen molar-refractivity contribution in [1.29, 1.82) is 0 Å². The number of aromatic nitrogens is 1. The molecule has 28 heavy (non-hydrogen) atoms. The maximum atomic E-state index is 12.4. The predicted molar refractivity (Wildman–Crippen MR) is 114 cm³/mol. The Hall–Kier alpha value is -2.79. The second kappa shape index (κ2) is 9.42. The van der Waals surface area contributed by atoms with Crippen LogP contribution in [0, 0.1) is 0 Å². The van der Waals surface area contributed by atoms with E-state index in [1.54, 1.807) is 7.11 Å². The molecule has 1 aromatic heterocycles. The van der Waals surface area contributed by atoms with Gasteiger partial charge in [-0.3, -0.25) is 4.79 Å². The summed E-state index contributed by atoms with van der Waals surface area (Å²) in [7, 11) is 5.71. The number of ether oxygens (including phenoxy) is 1. The summed E-state index contributed by atoms with van der Waals surface area (Å²) < 4.78 is 5.32. The molecule has 0 aliphatic rings. The number of likely N-dealkylation sites (N-methyl/N-ethyl adjacent to an activating group) is 1. The van der Waals surface area contributed by atoms with Crippen LogP contribution >= 0.6 is 0 Å². The number of carbonyl (C=O) groups is 1. The van der Waals surface area contributed by atoms with E-state index in [-0.39, 0.29) is 11.9 Å². The third-order valence-corrected chi connectivity index (χ3v) is 5.12. The third kappa shape index (κ3) is 4.93. The van der Waals surface area contributed by atoms with Gasteiger partial charge >= 0.3 is 0 Å². The molecule has 0 bridgehead atoms. The summed E-state index contributed by atoms with van der Waals surface area (Å²) in [5.74, 6) is 0.920. The van der Waals surface area contributed by atoms with Crippen LogP contribution in [0.15, 0.2) is 54.7 Å². The maximum absolute atomic E-state index is 12.4. The number of para-hydroxylation sites is 1. The fourth-order valence-electron chi connectivity index (χ4n) is 3.52. The number of benzene rings is 2. The van der Waals surface area contributed by atoms with Crippen LogP contribution in [0.1, 0.15) is 30.0 Å². The van der Waals surface area contributed by atoms with E-state index in [9.17, 15) is 4.79 Å². The summed E-state index contributed by atoms with van der Waals surface area (Å²) in [4.78, 5) is 17.8. The molecule has 0 saturated carbocycles. The van der Waals surface area contributed by atoms with Crippen LogP contribution in [0.25, 0.3) is 10.9 Å². The third-order valence-electron chi connectivity index (χ3n) is 5.12. The van der Waals surface area contributed by atoms with Crippen molar-refractivity contribution in [2.45, 2.75) is 25.3 Å². The number of H-pyrrole nitrogens is 1. The maximum Gasteiger partial charge on any atom is 0.220 e. The van der Waals surface area contributed by atoms with Gasteiger partial charge in [-0.15, -0.1) is 0 Å². The summed E-state index contributed by atoms with van der Waals surface area (Å²) in [5.41, 5.74) is 3.54. The zero-order chi connectivity index (χ0) is 19.9. The van der Waals surface area contributed by atoms with Crippen molar-refractivity contribution in [3.05, 3.63) is 65.9 Å². The smallest absolute Gasteiger partial charge is 0.220 e. The minimum absolute atomic E-state index is 0.0922. The Morgan fingerprint density at radius 2 is 2.00 bits per heavy atom. The lowest BCUT2D eigenvalue weighted by atomic mass is 10.0. The largest absolute Gasteiger partial charge is 0.497 e. The highest BCUT2D eigenvalue weighted by molar-refractivity contribution is 5.83. The topological polar surface area (TPSA) is 57.4 Å². The zero-order valence-electron chi connectivity index (χ0n) is 16.9. The predicted octanol–water partition coefficient (Wildman–Crippen LogP) is 3.92. The normalized spacial score (nSPS) is 12.3. The molecule has 0 fully saturated rings. The average Bonchev–Trinajstić information content (AvgIpc) is 3.11. The molecule has 0 spiro atoms. The van der Waals surface area contributed by atoms with Crippen molar-refractivity contribution in [3.63, 3.8) is 0 Å². The molecule has 1 amide bonds. The molecule has 148 valence electrons. The molecule has 3 rings (SSSR count). The molecule has 0 aliphatic carbocycles. The number of hydrogen-bond donors (Lipinski definition) is 2. The van der Waals surface area contributed by atoms with E-state index in [1.165, 1.54) is 10.9 Å². The molecular weight excluding hydrogens is 350 g/mol. The number of nitrogens with zero attached hydrogens (tertiary/aromatic N) is 1. The molecule has 0 radical (unpaired) electrons. The van der Waals surface area contributed by atoms with Crippen molar-refractivity contribution in [2.75, 3.05) is 27.7 Å². The van der Waals surface area contributed by atoms with Gasteiger partial charge in [-0.05, 0) is 56.3 Å². The van der Waals surface area contributed by atoms with E-state index >= 15 is 0 Å². The second-order valence-corrected chi connectivity index (χ2v) is 7.27. The number of rotatable bonds is 9. The van der Waals surface area contributed by atoms with E-state index in [2.05, 4.69) is 33.4 Å². The molecule has 3 aromatic rings. The molecule has 5 nitrogen and oxygen atoms in total. The Bertz CT molecular complexity index is 917. The minimum atomic E-state index is 0.0922. The first kappa shape index (κ1) is 20.0. The van der Waals surface area contributed by atoms with Crippen LogP contribution in [0.3, 0.4) is 0 Å². The summed E-state index contributed by atoms with van der Waals surface area (Å²) in [6.45, 7) is 0.575. The van der Waals surface area contributed by atoms with Gasteiger partial charge in [0, 0.05) is 30.1 Å². The monoisotopic (exact) mass is 379 g/mol. The standard InChI is InChI=1S/C23H29N3O2/c1-26(2)22(17-8-6-10-19(14-17)28-3)16-25-23(27)13-7-9-18-15-24-21-12-5-4-11-20(18)21/h4-6,8,10-12,14-15,22,24H,7,9,13,16H2,1-3H3,(H,25,27). The van der Waals surface area contributed by atoms with Crippen molar-refractivity contribution in [1.82, 2.24) is 15.2 Å². The first-order valence-corrected chi connectivity index (χ1v) is 9.70. The molecular formula is C23H29N3O2. The van der Waals surface area contributed by atoms with E-state index < -0.39 is 0 Å². The van der Waals surface area contributed by atoms with Gasteiger partial charge in [0.05, 0.1) is 13.2 Å². The van der Waals surface area contributed by atoms with Gasteiger partial charge in [-0.25, -0.2) is 0 Å². The van der Waals surface area contributed by atoms with Crippen molar-refractivity contribution < 1.29 is 9.53 Å². The van der Waals surface area contributed by atoms with Crippen LogP contribution in [-0.2, 0) is 11.2 Å². The van der Waals surface area contributed by atoms with Crippen LogP contribution in [0.5, 0.6) is 5.75 Å². The Morgan fingerprint density at radius 3 is 2.79 bits per heavy atom. The molecule has 2 N–H and O–H groups in total. The van der Waals surface area contributed by atoms with Crippen LogP contribution in [0.4, 0.5) is 0 Å². The summed E-state index contributed by atoms with van der Waals surface area (Å²) >= 11 is 0. The fourth-order valence-corrected chi connectivity index (χ4v) is 3.52. The fraction of sp³-hybridized carbons (Fsp3) is 0.348. The first-order chi connectivity index (χ1) is 13.6. The molecule has 1 heterocycles. The van der Waals surface area contributed by atoms with E-state index in [1.807, 2.05) is 50.6 Å². The molecule has 1 atom stereocenters. The minimum Gasteiger partial charge on any atom is -0.497 e. The SMILES string of the molecule is COc1cccc(C(CNC(=O)CCCc2c[nH]c3ccccc23)N(C)C)c1.